The summed E-state index contributed by atoms with van der Waals surface area (Å²) >= 11 is 0. The smallest absolute Gasteiger partial charge is 0.329 e. The lowest BCUT2D eigenvalue weighted by atomic mass is 10.0. The summed E-state index contributed by atoms with van der Waals surface area (Å²) < 4.78 is 17.9. The molecular weight excluding hydrogens is 315 g/mol. The van der Waals surface area contributed by atoms with Gasteiger partial charge in [-0.25, -0.2) is 9.18 Å². The molecule has 0 aliphatic heterocycles. The van der Waals surface area contributed by atoms with Crippen molar-refractivity contribution in [3.63, 3.8) is 0 Å². The van der Waals surface area contributed by atoms with Crippen molar-refractivity contribution < 1.29 is 23.5 Å². The Morgan fingerprint density at radius 2 is 1.62 bits per heavy atom. The zero-order valence-electron chi connectivity index (χ0n) is 14.3. The van der Waals surface area contributed by atoms with Crippen LogP contribution >= 0.6 is 0 Å². The van der Waals surface area contributed by atoms with Crippen molar-refractivity contribution in [3.8, 4) is 0 Å². The van der Waals surface area contributed by atoms with Crippen molar-refractivity contribution in [2.75, 3.05) is 6.61 Å². The second-order valence-corrected chi connectivity index (χ2v) is 6.03. The van der Waals surface area contributed by atoms with Crippen LogP contribution in [0, 0.1) is 11.7 Å². The van der Waals surface area contributed by atoms with Gasteiger partial charge in [-0.3, -0.25) is 9.59 Å². The number of rotatable bonds is 7. The number of hydrogen-bond acceptors (Lipinski definition) is 4. The second kappa shape index (κ2) is 9.00. The van der Waals surface area contributed by atoms with E-state index in [1.807, 2.05) is 0 Å². The average Bonchev–Trinajstić information content (AvgIpc) is 2.49. The first-order valence-corrected chi connectivity index (χ1v) is 7.73. The van der Waals surface area contributed by atoms with E-state index >= 15 is 0 Å². The van der Waals surface area contributed by atoms with Crippen LogP contribution in [0.1, 0.15) is 38.1 Å². The molecule has 0 bridgehead atoms. The van der Waals surface area contributed by atoms with Crippen LogP contribution in [-0.4, -0.2) is 36.5 Å². The van der Waals surface area contributed by atoms with E-state index in [1.165, 1.54) is 12.1 Å². The second-order valence-electron chi connectivity index (χ2n) is 6.03. The van der Waals surface area contributed by atoms with Gasteiger partial charge >= 0.3 is 5.97 Å². The minimum absolute atomic E-state index is 0.0599. The fraction of sp³-hybridized carbons (Fsp3) is 0.471. The molecule has 24 heavy (non-hydrogen) atoms. The Morgan fingerprint density at radius 1 is 1.04 bits per heavy atom. The molecule has 1 atom stereocenters. The predicted molar refractivity (Wildman–Crippen MR) is 86.7 cm³/mol. The van der Waals surface area contributed by atoms with Crippen molar-refractivity contribution in [1.29, 1.82) is 0 Å². The molecule has 7 heteroatoms. The van der Waals surface area contributed by atoms with E-state index in [2.05, 4.69) is 10.6 Å². The third kappa shape index (κ3) is 6.36. The van der Waals surface area contributed by atoms with Gasteiger partial charge in [0.15, 0.2) is 6.61 Å². The summed E-state index contributed by atoms with van der Waals surface area (Å²) in [4.78, 5) is 35.8. The van der Waals surface area contributed by atoms with E-state index in [-0.39, 0.29) is 17.5 Å². The summed E-state index contributed by atoms with van der Waals surface area (Å²) in [6.45, 7) is 6.65. The quantitative estimate of drug-likeness (QED) is 0.741. The molecule has 1 aromatic rings. The topological polar surface area (TPSA) is 84.5 Å². The van der Waals surface area contributed by atoms with E-state index < -0.39 is 36.2 Å². The standard InChI is InChI=1S/C17H23FN2O4/c1-10(2)15(17(23)24-9-14(21)19-11(3)4)20-16(22)12-5-7-13(18)8-6-12/h5-8,10-11,15H,9H2,1-4H3,(H,19,21)(H,20,22)/t15-/m0/s1. The fourth-order valence-electron chi connectivity index (χ4n) is 1.91. The Kier molecular flexibility index (Phi) is 7.35. The summed E-state index contributed by atoms with van der Waals surface area (Å²) in [5.41, 5.74) is 0.229. The van der Waals surface area contributed by atoms with Gasteiger partial charge in [0.05, 0.1) is 0 Å². The van der Waals surface area contributed by atoms with Crippen LogP contribution in [0.25, 0.3) is 0 Å². The van der Waals surface area contributed by atoms with Gasteiger partial charge in [-0.05, 0) is 44.0 Å². The highest BCUT2D eigenvalue weighted by molar-refractivity contribution is 5.97. The van der Waals surface area contributed by atoms with Crippen LogP contribution in [0.4, 0.5) is 4.39 Å². The molecule has 0 aliphatic carbocycles. The highest BCUT2D eigenvalue weighted by Crippen LogP contribution is 2.08. The lowest BCUT2D eigenvalue weighted by molar-refractivity contribution is -0.151. The molecule has 6 nitrogen and oxygen atoms in total. The molecule has 2 N–H and O–H groups in total. The largest absolute Gasteiger partial charge is 0.454 e. The van der Waals surface area contributed by atoms with Gasteiger partial charge in [-0.1, -0.05) is 13.8 Å². The lowest BCUT2D eigenvalue weighted by Crippen LogP contribution is -2.46. The maximum Gasteiger partial charge on any atom is 0.329 e. The van der Waals surface area contributed by atoms with E-state index in [4.69, 9.17) is 4.74 Å². The Labute approximate surface area is 140 Å². The van der Waals surface area contributed by atoms with Gasteiger partial charge in [-0.15, -0.1) is 0 Å². The van der Waals surface area contributed by atoms with Crippen LogP contribution in [0.15, 0.2) is 24.3 Å². The maximum absolute atomic E-state index is 12.9. The Balaban J connectivity index is 2.65. The number of carbonyl (C=O) groups excluding carboxylic acids is 3. The molecule has 0 fully saturated rings. The summed E-state index contributed by atoms with van der Waals surface area (Å²) in [5.74, 6) is -2.32. The summed E-state index contributed by atoms with van der Waals surface area (Å²) in [6.07, 6.45) is 0. The van der Waals surface area contributed by atoms with Gasteiger partial charge in [0, 0.05) is 11.6 Å². The molecule has 2 amide bonds. The molecule has 1 rings (SSSR count). The van der Waals surface area contributed by atoms with E-state index in [0.29, 0.717) is 0 Å². The number of hydrogen-bond donors (Lipinski definition) is 2. The maximum atomic E-state index is 12.9. The van der Waals surface area contributed by atoms with Crippen molar-refractivity contribution in [2.45, 2.75) is 39.8 Å². The Bertz CT molecular complexity index is 585. The third-order valence-electron chi connectivity index (χ3n) is 3.11. The van der Waals surface area contributed by atoms with E-state index in [9.17, 15) is 18.8 Å². The Hall–Kier alpha value is -2.44. The lowest BCUT2D eigenvalue weighted by Gasteiger charge is -2.21. The molecule has 0 aromatic heterocycles. The first-order chi connectivity index (χ1) is 11.2. The van der Waals surface area contributed by atoms with Crippen LogP contribution < -0.4 is 10.6 Å². The number of benzene rings is 1. The van der Waals surface area contributed by atoms with Crippen LogP contribution in [0.5, 0.6) is 0 Å². The molecule has 0 heterocycles. The van der Waals surface area contributed by atoms with Crippen LogP contribution in [0.3, 0.4) is 0 Å². The van der Waals surface area contributed by atoms with Gasteiger partial charge < -0.3 is 15.4 Å². The molecule has 0 saturated heterocycles. The highest BCUT2D eigenvalue weighted by Gasteiger charge is 2.26. The van der Waals surface area contributed by atoms with Crippen molar-refractivity contribution in [2.24, 2.45) is 5.92 Å². The summed E-state index contributed by atoms with van der Waals surface area (Å²) in [6, 6.07) is 4.00. The van der Waals surface area contributed by atoms with Crippen LogP contribution in [0.2, 0.25) is 0 Å². The summed E-state index contributed by atoms with van der Waals surface area (Å²) in [7, 11) is 0. The molecule has 0 radical (unpaired) electrons. The zero-order chi connectivity index (χ0) is 18.3. The molecular formula is C17H23FN2O4. The number of esters is 1. The number of halogens is 1. The highest BCUT2D eigenvalue weighted by atomic mass is 19.1. The number of amides is 2. The van der Waals surface area contributed by atoms with Gasteiger partial charge in [0.1, 0.15) is 11.9 Å². The Morgan fingerprint density at radius 3 is 2.12 bits per heavy atom. The van der Waals surface area contributed by atoms with E-state index in [1.54, 1.807) is 27.7 Å². The first-order valence-electron chi connectivity index (χ1n) is 7.73. The molecule has 132 valence electrons. The fourth-order valence-corrected chi connectivity index (χ4v) is 1.91. The summed E-state index contributed by atoms with van der Waals surface area (Å²) in [5, 5.41) is 5.15. The van der Waals surface area contributed by atoms with Crippen LogP contribution in [-0.2, 0) is 14.3 Å². The molecule has 0 unspecified atom stereocenters. The number of carbonyl (C=O) groups is 3. The predicted octanol–water partition coefficient (Wildman–Crippen LogP) is 1.65. The number of ether oxygens (including phenoxy) is 1. The number of nitrogens with one attached hydrogen (secondary N) is 2. The molecule has 0 saturated carbocycles. The van der Waals surface area contributed by atoms with Gasteiger partial charge in [0.25, 0.3) is 11.8 Å². The monoisotopic (exact) mass is 338 g/mol. The van der Waals surface area contributed by atoms with Crippen molar-refractivity contribution in [1.82, 2.24) is 10.6 Å². The molecule has 0 aliphatic rings. The third-order valence-corrected chi connectivity index (χ3v) is 3.11. The SMILES string of the molecule is CC(C)NC(=O)COC(=O)[C@@H](NC(=O)c1ccc(F)cc1)C(C)C. The normalized spacial score (nSPS) is 12.0. The average molecular weight is 338 g/mol. The minimum atomic E-state index is -0.908. The minimum Gasteiger partial charge on any atom is -0.454 e. The van der Waals surface area contributed by atoms with E-state index in [0.717, 1.165) is 12.1 Å². The van der Waals surface area contributed by atoms with Crippen molar-refractivity contribution in [3.05, 3.63) is 35.6 Å². The molecule has 0 spiro atoms. The van der Waals surface area contributed by atoms with Gasteiger partial charge in [-0.2, -0.15) is 0 Å². The van der Waals surface area contributed by atoms with Gasteiger partial charge in [0.2, 0.25) is 0 Å². The first kappa shape index (κ1) is 19.6. The van der Waals surface area contributed by atoms with Crippen molar-refractivity contribution >= 4 is 17.8 Å². The molecule has 1 aromatic carbocycles. The zero-order valence-corrected chi connectivity index (χ0v) is 14.3.